The predicted octanol–water partition coefficient (Wildman–Crippen LogP) is -0.541. The Morgan fingerprint density at radius 1 is 1.67 bits per heavy atom. The number of carbonyl (C=O) groups is 1. The molecule has 0 saturated carbocycles. The third-order valence-electron chi connectivity index (χ3n) is 3.43. The summed E-state index contributed by atoms with van der Waals surface area (Å²) in [4.78, 5) is 17.9. The van der Waals surface area contributed by atoms with Gasteiger partial charge in [-0.1, -0.05) is 0 Å². The Morgan fingerprint density at radius 2 is 2.44 bits per heavy atom. The zero-order chi connectivity index (χ0) is 13.1. The molecule has 7 heteroatoms. The first kappa shape index (κ1) is 12.8. The van der Waals surface area contributed by atoms with Crippen molar-refractivity contribution in [2.75, 3.05) is 19.3 Å². The van der Waals surface area contributed by atoms with Gasteiger partial charge in [0, 0.05) is 18.6 Å². The average Bonchev–Trinajstić information content (AvgIpc) is 2.69. The van der Waals surface area contributed by atoms with E-state index in [-0.39, 0.29) is 24.4 Å². The van der Waals surface area contributed by atoms with Gasteiger partial charge in [0.2, 0.25) is 11.9 Å². The first-order valence-corrected chi connectivity index (χ1v) is 6.19. The van der Waals surface area contributed by atoms with Crippen LogP contribution in [0.5, 0.6) is 0 Å². The Hall–Kier alpha value is -1.63. The molecule has 0 radical (unpaired) electrons. The summed E-state index contributed by atoms with van der Waals surface area (Å²) in [5.41, 5.74) is 5.39. The van der Waals surface area contributed by atoms with Crippen LogP contribution in [0.1, 0.15) is 19.8 Å². The van der Waals surface area contributed by atoms with Crippen LogP contribution < -0.4 is 11.1 Å². The summed E-state index contributed by atoms with van der Waals surface area (Å²) in [5, 5.41) is 6.92. The topological polar surface area (TPSA) is 89.1 Å². The summed E-state index contributed by atoms with van der Waals surface area (Å²) >= 11 is 0. The molecule has 0 spiro atoms. The van der Waals surface area contributed by atoms with Crippen molar-refractivity contribution in [3.63, 3.8) is 0 Å². The second kappa shape index (κ2) is 5.34. The Balaban J connectivity index is 1.81. The Labute approximate surface area is 106 Å². The molecule has 2 unspecified atom stereocenters. The summed E-state index contributed by atoms with van der Waals surface area (Å²) in [5.74, 6) is 0.150. The monoisotopic (exact) mass is 252 g/mol. The van der Waals surface area contributed by atoms with E-state index >= 15 is 0 Å². The van der Waals surface area contributed by atoms with E-state index in [2.05, 4.69) is 34.3 Å². The van der Waals surface area contributed by atoms with Gasteiger partial charge in [-0.25, -0.2) is 9.67 Å². The lowest BCUT2D eigenvalue weighted by atomic mass is 9.99. The van der Waals surface area contributed by atoms with Crippen molar-refractivity contribution in [2.24, 2.45) is 0 Å². The van der Waals surface area contributed by atoms with Gasteiger partial charge >= 0.3 is 0 Å². The number of piperidine rings is 1. The number of amides is 1. The van der Waals surface area contributed by atoms with E-state index < -0.39 is 0 Å². The normalized spacial score (nSPS) is 25.0. The molecule has 100 valence electrons. The quantitative estimate of drug-likeness (QED) is 0.754. The standard InChI is InChI=1S/C11H20N6O/c1-8-5-9(3-4-16(8)2)14-10(18)6-17-7-13-11(12)15-17/h7-9H,3-6H2,1-2H3,(H2,12,15)(H,14,18). The minimum absolute atomic E-state index is 0.0401. The molecule has 2 heterocycles. The van der Waals surface area contributed by atoms with Crippen LogP contribution >= 0.6 is 0 Å². The third-order valence-corrected chi connectivity index (χ3v) is 3.43. The van der Waals surface area contributed by atoms with Crippen molar-refractivity contribution in [3.8, 4) is 0 Å². The van der Waals surface area contributed by atoms with Gasteiger partial charge in [0.25, 0.3) is 0 Å². The van der Waals surface area contributed by atoms with Gasteiger partial charge < -0.3 is 16.0 Å². The molecule has 7 nitrogen and oxygen atoms in total. The van der Waals surface area contributed by atoms with Crippen LogP contribution in [0.3, 0.4) is 0 Å². The summed E-state index contributed by atoms with van der Waals surface area (Å²) < 4.78 is 1.45. The fraction of sp³-hybridized carbons (Fsp3) is 0.727. The van der Waals surface area contributed by atoms with E-state index in [0.717, 1.165) is 19.4 Å². The average molecular weight is 252 g/mol. The van der Waals surface area contributed by atoms with Crippen LogP contribution in [0.4, 0.5) is 5.95 Å². The maximum absolute atomic E-state index is 11.8. The predicted molar refractivity (Wildman–Crippen MR) is 67.7 cm³/mol. The fourth-order valence-corrected chi connectivity index (χ4v) is 2.23. The lowest BCUT2D eigenvalue weighted by molar-refractivity contribution is -0.123. The number of aromatic nitrogens is 3. The number of carbonyl (C=O) groups excluding carboxylic acids is 1. The number of rotatable bonds is 3. The molecule has 1 aromatic rings. The highest BCUT2D eigenvalue weighted by molar-refractivity contribution is 5.75. The molecule has 1 saturated heterocycles. The van der Waals surface area contributed by atoms with Crippen LogP contribution in [0.2, 0.25) is 0 Å². The lowest BCUT2D eigenvalue weighted by Gasteiger charge is -2.35. The number of nitrogens with two attached hydrogens (primary N) is 1. The largest absolute Gasteiger partial charge is 0.367 e. The Morgan fingerprint density at radius 3 is 3.06 bits per heavy atom. The van der Waals surface area contributed by atoms with Gasteiger partial charge in [-0.2, -0.15) is 0 Å². The van der Waals surface area contributed by atoms with Crippen molar-refractivity contribution in [3.05, 3.63) is 6.33 Å². The van der Waals surface area contributed by atoms with E-state index in [0.29, 0.717) is 6.04 Å². The number of hydrogen-bond acceptors (Lipinski definition) is 5. The van der Waals surface area contributed by atoms with Gasteiger partial charge in [-0.3, -0.25) is 4.79 Å². The van der Waals surface area contributed by atoms with Crippen LogP contribution in [0.15, 0.2) is 6.33 Å². The van der Waals surface area contributed by atoms with E-state index in [9.17, 15) is 4.79 Å². The van der Waals surface area contributed by atoms with Gasteiger partial charge in [-0.15, -0.1) is 5.10 Å². The molecule has 1 aliphatic rings. The van der Waals surface area contributed by atoms with Gasteiger partial charge in [0.15, 0.2) is 0 Å². The highest BCUT2D eigenvalue weighted by Crippen LogP contribution is 2.15. The van der Waals surface area contributed by atoms with Gasteiger partial charge in [0.1, 0.15) is 12.9 Å². The molecule has 0 bridgehead atoms. The number of likely N-dealkylation sites (tertiary alicyclic amines) is 1. The summed E-state index contributed by atoms with van der Waals surface area (Å²) in [6.07, 6.45) is 3.44. The van der Waals surface area contributed by atoms with Crippen LogP contribution in [-0.4, -0.2) is 51.2 Å². The number of nitrogens with zero attached hydrogens (tertiary/aromatic N) is 4. The molecular formula is C11H20N6O. The van der Waals surface area contributed by atoms with Gasteiger partial charge in [0.05, 0.1) is 0 Å². The Kier molecular flexibility index (Phi) is 3.81. The Bertz CT molecular complexity index is 417. The van der Waals surface area contributed by atoms with Crippen molar-refractivity contribution in [1.29, 1.82) is 0 Å². The summed E-state index contributed by atoms with van der Waals surface area (Å²) in [6, 6.07) is 0.760. The SMILES string of the molecule is CC1CC(NC(=O)Cn2cnc(N)n2)CCN1C. The molecule has 2 atom stereocenters. The summed E-state index contributed by atoms with van der Waals surface area (Å²) in [6.45, 7) is 3.36. The van der Waals surface area contributed by atoms with Crippen LogP contribution in [0.25, 0.3) is 0 Å². The molecule has 1 fully saturated rings. The van der Waals surface area contributed by atoms with Crippen molar-refractivity contribution in [2.45, 2.75) is 38.4 Å². The highest BCUT2D eigenvalue weighted by atomic mass is 16.2. The number of anilines is 1. The molecule has 0 aliphatic carbocycles. The molecule has 1 aliphatic heterocycles. The molecule has 3 N–H and O–H groups in total. The number of nitrogen functional groups attached to an aromatic ring is 1. The minimum Gasteiger partial charge on any atom is -0.367 e. The maximum Gasteiger partial charge on any atom is 0.242 e. The number of hydrogen-bond donors (Lipinski definition) is 2. The molecule has 2 rings (SSSR count). The smallest absolute Gasteiger partial charge is 0.242 e. The maximum atomic E-state index is 11.8. The first-order chi connectivity index (χ1) is 8.54. The van der Waals surface area contributed by atoms with Gasteiger partial charge in [-0.05, 0) is 26.8 Å². The highest BCUT2D eigenvalue weighted by Gasteiger charge is 2.23. The molecule has 1 aromatic heterocycles. The zero-order valence-electron chi connectivity index (χ0n) is 10.8. The molecule has 0 aromatic carbocycles. The second-order valence-electron chi connectivity index (χ2n) is 4.92. The van der Waals surface area contributed by atoms with Crippen LogP contribution in [-0.2, 0) is 11.3 Å². The summed E-state index contributed by atoms with van der Waals surface area (Å²) in [7, 11) is 2.11. The third kappa shape index (κ3) is 3.19. The van der Waals surface area contributed by atoms with Crippen LogP contribution in [0, 0.1) is 0 Å². The van der Waals surface area contributed by atoms with E-state index in [1.54, 1.807) is 0 Å². The lowest BCUT2D eigenvalue weighted by Crippen LogP contribution is -2.48. The zero-order valence-corrected chi connectivity index (χ0v) is 10.8. The molecule has 1 amide bonds. The fourth-order valence-electron chi connectivity index (χ4n) is 2.23. The van der Waals surface area contributed by atoms with E-state index in [4.69, 9.17) is 5.73 Å². The van der Waals surface area contributed by atoms with E-state index in [1.165, 1.54) is 11.0 Å². The van der Waals surface area contributed by atoms with Crippen molar-refractivity contribution in [1.82, 2.24) is 25.0 Å². The van der Waals surface area contributed by atoms with Crippen molar-refractivity contribution < 1.29 is 4.79 Å². The van der Waals surface area contributed by atoms with Crippen molar-refractivity contribution >= 4 is 11.9 Å². The van der Waals surface area contributed by atoms with E-state index in [1.807, 2.05) is 0 Å². The second-order valence-corrected chi connectivity index (χ2v) is 4.92. The molecule has 18 heavy (non-hydrogen) atoms. The first-order valence-electron chi connectivity index (χ1n) is 6.19. The molecular weight excluding hydrogens is 232 g/mol. The number of nitrogens with one attached hydrogen (secondary N) is 1. The minimum atomic E-state index is -0.0401.